The highest BCUT2D eigenvalue weighted by atomic mass is 35.5. The monoisotopic (exact) mass is 799 g/mol. The summed E-state index contributed by atoms with van der Waals surface area (Å²) >= 11 is 12.2. The Hall–Kier alpha value is -4.95. The van der Waals surface area contributed by atoms with Crippen molar-refractivity contribution in [3.8, 4) is 17.1 Å². The predicted octanol–water partition coefficient (Wildman–Crippen LogP) is 6.77. The number of amides is 1. The lowest BCUT2D eigenvalue weighted by Crippen LogP contribution is -2.40. The lowest BCUT2D eigenvalue weighted by Gasteiger charge is -2.20. The molecule has 0 saturated heterocycles. The number of hydrogen-bond acceptors (Lipinski definition) is 10. The van der Waals surface area contributed by atoms with E-state index < -0.39 is 5.91 Å². The van der Waals surface area contributed by atoms with Crippen LogP contribution in [0.2, 0.25) is 10.0 Å². The molecule has 0 spiro atoms. The van der Waals surface area contributed by atoms with Crippen LogP contribution in [0.15, 0.2) is 109 Å². The van der Waals surface area contributed by atoms with E-state index in [1.54, 1.807) is 0 Å². The largest absolute Gasteiger partial charge is 0.395 e. The number of nitrogens with zero attached hydrogens (tertiary/aromatic N) is 5. The Morgan fingerprint density at radius 3 is 1.98 bits per heavy atom. The molecule has 1 aliphatic carbocycles. The molecule has 0 saturated carbocycles. The molecule has 2 heterocycles. The van der Waals surface area contributed by atoms with Crippen LogP contribution >= 0.6 is 23.2 Å². The maximum atomic E-state index is 10.3. The van der Waals surface area contributed by atoms with Crippen molar-refractivity contribution in [2.45, 2.75) is 58.7 Å². The molecule has 12 nitrogen and oxygen atoms in total. The number of rotatable bonds is 14. The normalized spacial score (nSPS) is 12.4. The predicted molar refractivity (Wildman–Crippen MR) is 227 cm³/mol. The van der Waals surface area contributed by atoms with E-state index in [4.69, 9.17) is 49.1 Å². The van der Waals surface area contributed by atoms with Crippen molar-refractivity contribution >= 4 is 51.5 Å². The number of anilines is 2. The fraction of sp³-hybridized carbons (Fsp3) is 0.310. The van der Waals surface area contributed by atoms with E-state index in [1.807, 2.05) is 80.6 Å². The number of aromatic nitrogens is 4. The van der Waals surface area contributed by atoms with Gasteiger partial charge < -0.3 is 36.5 Å². The van der Waals surface area contributed by atoms with E-state index >= 15 is 0 Å². The summed E-state index contributed by atoms with van der Waals surface area (Å²) < 4.78 is 2.21. The molecule has 1 amide bonds. The number of halogens is 2. The molecule has 6 rings (SSSR count). The molecule has 0 fully saturated rings. The Morgan fingerprint density at radius 2 is 1.46 bits per heavy atom. The highest BCUT2D eigenvalue weighted by Gasteiger charge is 2.17. The first-order valence-corrected chi connectivity index (χ1v) is 19.3. The molecule has 0 bridgehead atoms. The number of benzene rings is 4. The lowest BCUT2D eigenvalue weighted by molar-refractivity contribution is 0.0995. The zero-order chi connectivity index (χ0) is 40.5. The third-order valence-corrected chi connectivity index (χ3v) is 9.04. The van der Waals surface area contributed by atoms with Crippen LogP contribution in [0.5, 0.6) is 0 Å². The van der Waals surface area contributed by atoms with Gasteiger partial charge in [0, 0.05) is 65.0 Å². The number of nitrogens with two attached hydrogens (primary N) is 1. The molecule has 0 radical (unpaired) electrons. The van der Waals surface area contributed by atoms with Gasteiger partial charge in [0.05, 0.1) is 52.9 Å². The molecule has 2 atom stereocenters. The average Bonchev–Trinajstić information content (AvgIpc) is 3.21. The Balaban J connectivity index is 0.000000249. The van der Waals surface area contributed by atoms with Gasteiger partial charge in [-0.3, -0.25) is 14.8 Å². The number of aliphatic hydroxyl groups is 2. The van der Waals surface area contributed by atoms with Gasteiger partial charge in [0.1, 0.15) is 5.69 Å². The maximum Gasteiger partial charge on any atom is 0.268 e. The van der Waals surface area contributed by atoms with E-state index in [-0.39, 0.29) is 37.0 Å². The molecule has 1 aliphatic heterocycles. The Labute approximate surface area is 338 Å². The first-order chi connectivity index (χ1) is 27.1. The topological polar surface area (TPSA) is 176 Å². The van der Waals surface area contributed by atoms with Crippen LogP contribution in [0.25, 0.3) is 28.1 Å². The van der Waals surface area contributed by atoms with Crippen molar-refractivity contribution in [2.75, 3.05) is 31.6 Å². The van der Waals surface area contributed by atoms with E-state index in [9.17, 15) is 4.79 Å². The minimum atomic E-state index is -0.553. The summed E-state index contributed by atoms with van der Waals surface area (Å²) in [5, 5.41) is 30.0. The van der Waals surface area contributed by atoms with E-state index in [1.165, 1.54) is 18.6 Å². The van der Waals surface area contributed by atoms with Crippen molar-refractivity contribution in [1.82, 2.24) is 30.2 Å². The zero-order valence-corrected chi connectivity index (χ0v) is 33.7. The second-order valence-electron chi connectivity index (χ2n) is 13.1. The van der Waals surface area contributed by atoms with E-state index in [2.05, 4.69) is 62.5 Å². The molecule has 2 aliphatic rings. The number of aliphatic hydroxyl groups excluding tert-OH is 2. The Bertz CT molecular complexity index is 2110. The molecule has 4 aromatic rings. The van der Waals surface area contributed by atoms with Crippen molar-refractivity contribution in [3.63, 3.8) is 0 Å². The maximum absolute atomic E-state index is 10.3. The van der Waals surface area contributed by atoms with Gasteiger partial charge in [-0.25, -0.2) is 9.97 Å². The third-order valence-electron chi connectivity index (χ3n) is 8.54. The number of fused-ring (bicyclic) bond motifs is 2. The summed E-state index contributed by atoms with van der Waals surface area (Å²) in [6, 6.07) is 28.3. The standard InChI is InChI=1S/C27H22Cl2N4.C10H24N2O2.C5H5N3O/c1-17(2)30-24-16-27-25(15-23(24)31-20-11-7-18(28)8-12-20)32-22-5-3-4-6-26(22)33(27)21-13-9-19(29)10-14-21;1-3-9(7-13)11-5-6-12-10(4-2)8-14;6-5(9)4-3-7-1-2-8-4/h3-17,31H,1-2H3;9-14H,3-8H2,1-2H3;1-3H,(H2,6,9)/b30-24+;;/t;9-,10-;/m.0./s1. The third kappa shape index (κ3) is 13.1. The van der Waals surface area contributed by atoms with Gasteiger partial charge in [-0.2, -0.15) is 0 Å². The summed E-state index contributed by atoms with van der Waals surface area (Å²) in [5.41, 5.74) is 11.7. The quantitative estimate of drug-likeness (QED) is 0.0513. The molecular weight excluding hydrogens is 749 g/mol. The second kappa shape index (κ2) is 22.6. The van der Waals surface area contributed by atoms with Crippen LogP contribution in [0, 0.1) is 0 Å². The molecule has 296 valence electrons. The summed E-state index contributed by atoms with van der Waals surface area (Å²) in [7, 11) is 0. The minimum absolute atomic E-state index is 0.130. The average molecular weight is 801 g/mol. The van der Waals surface area contributed by atoms with E-state index in [0.717, 1.165) is 70.8 Å². The van der Waals surface area contributed by atoms with Gasteiger partial charge in [-0.1, -0.05) is 49.2 Å². The molecule has 1 aromatic heterocycles. The molecular formula is C42H51Cl2N9O3. The fourth-order valence-electron chi connectivity index (χ4n) is 5.54. The highest BCUT2D eigenvalue weighted by Crippen LogP contribution is 2.31. The molecule has 3 aromatic carbocycles. The minimum Gasteiger partial charge on any atom is -0.395 e. The number of carbonyl (C=O) groups is 1. The van der Waals surface area contributed by atoms with E-state index in [0.29, 0.717) is 10.0 Å². The van der Waals surface area contributed by atoms with Gasteiger partial charge in [-0.15, -0.1) is 0 Å². The number of para-hydroxylation sites is 2. The van der Waals surface area contributed by atoms with Crippen LogP contribution in [0.3, 0.4) is 0 Å². The van der Waals surface area contributed by atoms with Crippen LogP contribution in [-0.2, 0) is 0 Å². The molecule has 0 unspecified atom stereocenters. The van der Waals surface area contributed by atoms with Crippen LogP contribution in [0.4, 0.5) is 11.4 Å². The Morgan fingerprint density at radius 1 is 0.857 bits per heavy atom. The van der Waals surface area contributed by atoms with Crippen molar-refractivity contribution < 1.29 is 15.0 Å². The summed E-state index contributed by atoms with van der Waals surface area (Å²) in [6.07, 6.45) is 6.09. The zero-order valence-electron chi connectivity index (χ0n) is 32.2. The fourth-order valence-corrected chi connectivity index (χ4v) is 5.79. The summed E-state index contributed by atoms with van der Waals surface area (Å²) in [4.78, 5) is 27.5. The highest BCUT2D eigenvalue weighted by molar-refractivity contribution is 6.30. The van der Waals surface area contributed by atoms with Gasteiger partial charge in [0.2, 0.25) is 0 Å². The first-order valence-electron chi connectivity index (χ1n) is 18.6. The van der Waals surface area contributed by atoms with Gasteiger partial charge >= 0.3 is 0 Å². The lowest BCUT2D eigenvalue weighted by atomic mass is 10.1. The van der Waals surface area contributed by atoms with Gasteiger partial charge in [0.25, 0.3) is 5.91 Å². The first kappa shape index (κ1) is 43.8. The number of carbonyl (C=O) groups excluding carboxylic acids is 1. The smallest absolute Gasteiger partial charge is 0.268 e. The summed E-state index contributed by atoms with van der Waals surface area (Å²) in [6.45, 7) is 10.3. The van der Waals surface area contributed by atoms with Crippen molar-refractivity contribution in [3.05, 3.63) is 125 Å². The van der Waals surface area contributed by atoms with Crippen LogP contribution < -0.4 is 27.0 Å². The molecule has 7 N–H and O–H groups in total. The van der Waals surface area contributed by atoms with Crippen LogP contribution in [0.1, 0.15) is 51.0 Å². The summed E-state index contributed by atoms with van der Waals surface area (Å²) in [5.74, 6) is -0.553. The Kier molecular flexibility index (Phi) is 17.6. The van der Waals surface area contributed by atoms with Crippen molar-refractivity contribution in [2.24, 2.45) is 10.7 Å². The van der Waals surface area contributed by atoms with Crippen molar-refractivity contribution in [1.29, 1.82) is 0 Å². The molecule has 14 heteroatoms. The number of nitrogens with one attached hydrogen (secondary N) is 3. The number of hydrogen-bond donors (Lipinski definition) is 6. The molecule has 56 heavy (non-hydrogen) atoms. The van der Waals surface area contributed by atoms with Gasteiger partial charge in [-0.05, 0) is 99.5 Å². The SMILES string of the molecule is CC(C)/N=c1\cc2n(-c3ccc(Cl)cc3)c3ccccc3nc-2cc1Nc1ccc(Cl)cc1.CC[C@@H](CO)NCCN[C@@H](CC)CO.NC(=O)c1cnccn1. The number of primary amides is 1. The second-order valence-corrected chi connectivity index (χ2v) is 13.9. The van der Waals surface area contributed by atoms with Gasteiger partial charge in [0.15, 0.2) is 0 Å². The van der Waals surface area contributed by atoms with Crippen LogP contribution in [-0.4, -0.2) is 80.1 Å².